The molecule has 7 nitrogen and oxygen atoms in total. The Bertz CT molecular complexity index is 1040. The Morgan fingerprint density at radius 1 is 1.18 bits per heavy atom. The van der Waals surface area contributed by atoms with E-state index in [4.69, 9.17) is 0 Å². The van der Waals surface area contributed by atoms with E-state index < -0.39 is 0 Å². The third-order valence-electron chi connectivity index (χ3n) is 5.83. The molecule has 5 rings (SSSR count). The molecule has 2 aliphatic rings. The quantitative estimate of drug-likeness (QED) is 0.666. The van der Waals surface area contributed by atoms with E-state index in [-0.39, 0.29) is 11.9 Å². The molecule has 1 fully saturated rings. The number of likely N-dealkylation sites (tertiary alicyclic amines) is 1. The predicted molar refractivity (Wildman–Crippen MR) is 109 cm³/mol. The maximum Gasteiger partial charge on any atom is 0.254 e. The molecule has 4 heterocycles. The molecule has 0 radical (unpaired) electrons. The number of benzene rings is 1. The number of aromatic nitrogens is 4. The number of carbonyl (C=O) groups is 1. The number of aryl methyl sites for hydroxylation is 1. The zero-order valence-electron chi connectivity index (χ0n) is 16.3. The molecule has 0 aliphatic carbocycles. The fourth-order valence-corrected chi connectivity index (χ4v) is 5.18. The molecule has 1 atom stereocenters. The summed E-state index contributed by atoms with van der Waals surface area (Å²) >= 11 is 1.63. The fourth-order valence-electron chi connectivity index (χ4n) is 4.31. The van der Waals surface area contributed by atoms with Crippen molar-refractivity contribution in [1.29, 1.82) is 0 Å². The van der Waals surface area contributed by atoms with Gasteiger partial charge in [0.05, 0.1) is 21.3 Å². The van der Waals surface area contributed by atoms with Crippen LogP contribution in [0.15, 0.2) is 18.2 Å². The zero-order valence-corrected chi connectivity index (χ0v) is 17.1. The lowest BCUT2D eigenvalue weighted by Gasteiger charge is -2.25. The second-order valence-corrected chi connectivity index (χ2v) is 8.99. The number of hydrogen-bond donors (Lipinski definition) is 0. The SMILES string of the molecule is Cc1nc2ccc(C(=O)N3CCCC3c3nnc4n3CCN(C)CC4)cc2s1. The average Bonchev–Trinajstić information content (AvgIpc) is 3.37. The predicted octanol–water partition coefficient (Wildman–Crippen LogP) is 2.66. The van der Waals surface area contributed by atoms with E-state index in [1.807, 2.05) is 30.0 Å². The summed E-state index contributed by atoms with van der Waals surface area (Å²) in [6.07, 6.45) is 2.85. The molecule has 0 bridgehead atoms. The Balaban J connectivity index is 1.45. The number of likely N-dealkylation sites (N-methyl/N-ethyl adjacent to an activating group) is 1. The lowest BCUT2D eigenvalue weighted by Crippen LogP contribution is -2.32. The lowest BCUT2D eigenvalue weighted by atomic mass is 10.1. The number of amides is 1. The summed E-state index contributed by atoms with van der Waals surface area (Å²) in [7, 11) is 2.14. The minimum absolute atomic E-state index is 0.0102. The summed E-state index contributed by atoms with van der Waals surface area (Å²) in [5, 5.41) is 9.99. The number of nitrogens with zero attached hydrogens (tertiary/aromatic N) is 6. The van der Waals surface area contributed by atoms with E-state index >= 15 is 0 Å². The highest BCUT2D eigenvalue weighted by molar-refractivity contribution is 7.18. The van der Waals surface area contributed by atoms with Crippen LogP contribution in [0.5, 0.6) is 0 Å². The Kier molecular flexibility index (Phi) is 4.40. The summed E-state index contributed by atoms with van der Waals surface area (Å²) in [4.78, 5) is 22.1. The van der Waals surface area contributed by atoms with Crippen molar-refractivity contribution in [2.45, 2.75) is 38.8 Å². The molecule has 146 valence electrons. The van der Waals surface area contributed by atoms with Crippen molar-refractivity contribution in [3.05, 3.63) is 40.4 Å². The van der Waals surface area contributed by atoms with Crippen LogP contribution in [0.4, 0.5) is 0 Å². The smallest absolute Gasteiger partial charge is 0.254 e. The standard InChI is InChI=1S/C20H24N6OS/c1-13-21-15-6-5-14(12-17(15)28-13)20(27)25-8-3-4-16(25)19-23-22-18-7-9-24(2)10-11-26(18)19/h5-6,12,16H,3-4,7-11H2,1-2H3. The first-order valence-electron chi connectivity index (χ1n) is 9.89. The third-order valence-corrected chi connectivity index (χ3v) is 6.77. The van der Waals surface area contributed by atoms with Gasteiger partial charge < -0.3 is 14.4 Å². The second-order valence-electron chi connectivity index (χ2n) is 7.75. The van der Waals surface area contributed by atoms with Crippen molar-refractivity contribution in [1.82, 2.24) is 29.5 Å². The number of thiazole rings is 1. The molecule has 0 saturated carbocycles. The number of hydrogen-bond acceptors (Lipinski definition) is 6. The Hall–Kier alpha value is -2.32. The highest BCUT2D eigenvalue weighted by atomic mass is 32.1. The van der Waals surface area contributed by atoms with Gasteiger partial charge >= 0.3 is 0 Å². The monoisotopic (exact) mass is 396 g/mol. The molecule has 0 N–H and O–H groups in total. The number of rotatable bonds is 2. The fraction of sp³-hybridized carbons (Fsp3) is 0.500. The van der Waals surface area contributed by atoms with Crippen molar-refractivity contribution in [2.75, 3.05) is 26.7 Å². The lowest BCUT2D eigenvalue weighted by molar-refractivity contribution is 0.0727. The van der Waals surface area contributed by atoms with Crippen LogP contribution >= 0.6 is 11.3 Å². The highest BCUT2D eigenvalue weighted by Gasteiger charge is 2.35. The van der Waals surface area contributed by atoms with Crippen molar-refractivity contribution in [3.8, 4) is 0 Å². The first-order valence-corrected chi connectivity index (χ1v) is 10.7. The summed E-state index contributed by atoms with van der Waals surface area (Å²) in [6.45, 7) is 5.64. The van der Waals surface area contributed by atoms with Crippen LogP contribution in [0.25, 0.3) is 10.2 Å². The van der Waals surface area contributed by atoms with Crippen LogP contribution < -0.4 is 0 Å². The van der Waals surface area contributed by atoms with E-state index in [9.17, 15) is 4.79 Å². The largest absolute Gasteiger partial charge is 0.328 e. The van der Waals surface area contributed by atoms with E-state index in [1.165, 1.54) is 0 Å². The van der Waals surface area contributed by atoms with Gasteiger partial charge in [0.25, 0.3) is 5.91 Å². The van der Waals surface area contributed by atoms with Crippen molar-refractivity contribution in [2.24, 2.45) is 0 Å². The Morgan fingerprint density at radius 3 is 2.96 bits per heavy atom. The van der Waals surface area contributed by atoms with Crippen LogP contribution in [-0.2, 0) is 13.0 Å². The minimum Gasteiger partial charge on any atom is -0.328 e. The molecule has 0 spiro atoms. The zero-order chi connectivity index (χ0) is 19.3. The van der Waals surface area contributed by atoms with Crippen LogP contribution in [0.1, 0.15) is 45.9 Å². The van der Waals surface area contributed by atoms with Crippen LogP contribution in [0, 0.1) is 6.92 Å². The first-order chi connectivity index (χ1) is 13.6. The number of fused-ring (bicyclic) bond motifs is 2. The highest BCUT2D eigenvalue weighted by Crippen LogP contribution is 2.33. The van der Waals surface area contributed by atoms with Gasteiger partial charge in [-0.25, -0.2) is 4.98 Å². The van der Waals surface area contributed by atoms with Crippen molar-refractivity contribution < 1.29 is 4.79 Å². The van der Waals surface area contributed by atoms with Gasteiger partial charge in [-0.1, -0.05) is 0 Å². The maximum absolute atomic E-state index is 13.3. The normalized spacial score (nSPS) is 20.5. The van der Waals surface area contributed by atoms with Gasteiger partial charge in [-0.05, 0) is 45.0 Å². The molecule has 1 aromatic carbocycles. The minimum atomic E-state index is 0.0102. The Morgan fingerprint density at radius 2 is 2.07 bits per heavy atom. The van der Waals surface area contributed by atoms with E-state index in [0.29, 0.717) is 0 Å². The topological polar surface area (TPSA) is 67.2 Å². The van der Waals surface area contributed by atoms with Gasteiger partial charge in [0, 0.05) is 38.2 Å². The van der Waals surface area contributed by atoms with Gasteiger partial charge in [0.1, 0.15) is 5.82 Å². The molecule has 1 amide bonds. The van der Waals surface area contributed by atoms with Gasteiger partial charge in [-0.3, -0.25) is 4.79 Å². The molecule has 2 aliphatic heterocycles. The summed E-state index contributed by atoms with van der Waals surface area (Å²) in [5.74, 6) is 2.07. The van der Waals surface area contributed by atoms with Gasteiger partial charge in [0.2, 0.25) is 0 Å². The average molecular weight is 397 g/mol. The summed E-state index contributed by atoms with van der Waals surface area (Å²) in [6, 6.07) is 5.85. The van der Waals surface area contributed by atoms with E-state index in [0.717, 1.165) is 77.9 Å². The van der Waals surface area contributed by atoms with Gasteiger partial charge in [0.15, 0.2) is 5.82 Å². The molecular formula is C20H24N6OS. The van der Waals surface area contributed by atoms with Crippen LogP contribution in [-0.4, -0.2) is 62.1 Å². The molecule has 8 heteroatoms. The van der Waals surface area contributed by atoms with Crippen molar-refractivity contribution >= 4 is 27.5 Å². The van der Waals surface area contributed by atoms with Gasteiger partial charge in [-0.2, -0.15) is 0 Å². The van der Waals surface area contributed by atoms with Gasteiger partial charge in [-0.15, -0.1) is 21.5 Å². The van der Waals surface area contributed by atoms with E-state index in [2.05, 4.69) is 31.7 Å². The summed E-state index contributed by atoms with van der Waals surface area (Å²) in [5.41, 5.74) is 1.70. The summed E-state index contributed by atoms with van der Waals surface area (Å²) < 4.78 is 3.31. The second kappa shape index (κ2) is 6.93. The third kappa shape index (κ3) is 3.00. The van der Waals surface area contributed by atoms with Crippen LogP contribution in [0.2, 0.25) is 0 Å². The molecule has 28 heavy (non-hydrogen) atoms. The molecule has 2 aromatic heterocycles. The molecule has 1 saturated heterocycles. The van der Waals surface area contributed by atoms with E-state index in [1.54, 1.807) is 11.3 Å². The van der Waals surface area contributed by atoms with Crippen LogP contribution in [0.3, 0.4) is 0 Å². The first kappa shape index (κ1) is 17.8. The maximum atomic E-state index is 13.3. The molecule has 1 unspecified atom stereocenters. The molecular weight excluding hydrogens is 372 g/mol. The molecule has 3 aromatic rings. The van der Waals surface area contributed by atoms with Crippen molar-refractivity contribution in [3.63, 3.8) is 0 Å². The number of carbonyl (C=O) groups excluding carboxylic acids is 1. The Labute approximate surface area is 168 Å².